The Morgan fingerprint density at radius 2 is 2.04 bits per heavy atom. The van der Waals surface area contributed by atoms with Crippen LogP contribution in [0.3, 0.4) is 0 Å². The number of hydrogen-bond donors (Lipinski definition) is 0. The number of hydrazone groups is 1. The number of fused-ring (bicyclic) bond motifs is 1. The van der Waals surface area contributed by atoms with Crippen LogP contribution < -0.4 is 5.01 Å². The number of furan rings is 1. The van der Waals surface area contributed by atoms with Crippen molar-refractivity contribution in [1.29, 1.82) is 0 Å². The van der Waals surface area contributed by atoms with Gasteiger partial charge in [0.05, 0.1) is 22.5 Å². The third kappa shape index (κ3) is 3.79. The lowest BCUT2D eigenvalue weighted by Crippen LogP contribution is -2.33. The van der Waals surface area contributed by atoms with Gasteiger partial charge in [0.25, 0.3) is 5.91 Å². The van der Waals surface area contributed by atoms with E-state index in [0.29, 0.717) is 5.13 Å². The SMILES string of the molecule is O=C(C1CCCCC1)N(/N=C/c1ccc([N+](=O)[O-])o1)c1nc2ccccc2s1. The highest BCUT2D eigenvalue weighted by Gasteiger charge is 2.29. The summed E-state index contributed by atoms with van der Waals surface area (Å²) in [5.41, 5.74) is 0.799. The Morgan fingerprint density at radius 3 is 2.75 bits per heavy atom. The third-order valence-corrected chi connectivity index (χ3v) is 5.73. The zero-order valence-electron chi connectivity index (χ0n) is 15.0. The number of thiazole rings is 1. The highest BCUT2D eigenvalue weighted by molar-refractivity contribution is 7.22. The zero-order valence-corrected chi connectivity index (χ0v) is 15.8. The fourth-order valence-electron chi connectivity index (χ4n) is 3.30. The first-order valence-corrected chi connectivity index (χ1v) is 9.91. The van der Waals surface area contributed by atoms with Crippen molar-refractivity contribution in [2.45, 2.75) is 32.1 Å². The molecule has 1 saturated carbocycles. The van der Waals surface area contributed by atoms with Crippen molar-refractivity contribution in [3.63, 3.8) is 0 Å². The standard InChI is InChI=1S/C19H18N4O4S/c24-18(13-6-2-1-3-7-13)22(19-21-15-8-4-5-9-16(15)28-19)20-12-14-10-11-17(27-14)23(25)26/h4-5,8-13H,1-3,6-7H2/b20-12+. The molecule has 144 valence electrons. The average molecular weight is 398 g/mol. The second-order valence-corrected chi connectivity index (χ2v) is 7.64. The summed E-state index contributed by atoms with van der Waals surface area (Å²) in [7, 11) is 0. The van der Waals surface area contributed by atoms with Crippen LogP contribution in [0.25, 0.3) is 10.2 Å². The zero-order chi connectivity index (χ0) is 19.5. The van der Waals surface area contributed by atoms with E-state index in [1.165, 1.54) is 34.7 Å². The van der Waals surface area contributed by atoms with Gasteiger partial charge in [-0.25, -0.2) is 4.98 Å². The Labute approximate surface area is 164 Å². The average Bonchev–Trinajstić information content (AvgIpc) is 3.35. The molecule has 0 radical (unpaired) electrons. The maximum Gasteiger partial charge on any atom is 0.433 e. The van der Waals surface area contributed by atoms with Gasteiger partial charge in [-0.2, -0.15) is 10.1 Å². The van der Waals surface area contributed by atoms with Crippen molar-refractivity contribution in [3.8, 4) is 0 Å². The lowest BCUT2D eigenvalue weighted by molar-refractivity contribution is -0.402. The van der Waals surface area contributed by atoms with Crippen LogP contribution in [0.4, 0.5) is 11.0 Å². The molecule has 1 aliphatic rings. The molecule has 8 nitrogen and oxygen atoms in total. The lowest BCUT2D eigenvalue weighted by atomic mass is 9.88. The van der Waals surface area contributed by atoms with E-state index in [2.05, 4.69) is 10.1 Å². The van der Waals surface area contributed by atoms with Crippen LogP contribution in [0, 0.1) is 16.0 Å². The number of aromatic nitrogens is 1. The molecule has 1 fully saturated rings. The highest BCUT2D eigenvalue weighted by Crippen LogP contribution is 2.32. The molecule has 0 atom stereocenters. The molecule has 0 spiro atoms. The minimum atomic E-state index is -0.615. The molecule has 9 heteroatoms. The van der Waals surface area contributed by atoms with Gasteiger partial charge in [-0.15, -0.1) is 0 Å². The third-order valence-electron chi connectivity index (χ3n) is 4.72. The fourth-order valence-corrected chi connectivity index (χ4v) is 4.23. The molecule has 2 aromatic heterocycles. The maximum atomic E-state index is 13.2. The van der Waals surface area contributed by atoms with Gasteiger partial charge >= 0.3 is 5.88 Å². The van der Waals surface area contributed by atoms with E-state index in [1.807, 2.05) is 24.3 Å². The Hall–Kier alpha value is -3.07. The molecule has 1 amide bonds. The van der Waals surface area contributed by atoms with Crippen molar-refractivity contribution in [3.05, 3.63) is 52.3 Å². The number of anilines is 1. The minimum Gasteiger partial charge on any atom is -0.400 e. The van der Waals surface area contributed by atoms with Gasteiger partial charge in [0.2, 0.25) is 5.13 Å². The molecule has 0 saturated heterocycles. The van der Waals surface area contributed by atoms with Crippen LogP contribution in [0.1, 0.15) is 37.9 Å². The summed E-state index contributed by atoms with van der Waals surface area (Å²) in [5, 5.41) is 16.9. The summed E-state index contributed by atoms with van der Waals surface area (Å²) in [6, 6.07) is 10.3. The van der Waals surface area contributed by atoms with Gasteiger partial charge in [-0.3, -0.25) is 14.9 Å². The summed E-state index contributed by atoms with van der Waals surface area (Å²) in [5.74, 6) is -0.360. The molecule has 4 rings (SSSR count). The predicted octanol–water partition coefficient (Wildman–Crippen LogP) is 4.74. The predicted molar refractivity (Wildman–Crippen MR) is 107 cm³/mol. The summed E-state index contributed by atoms with van der Waals surface area (Å²) in [6.45, 7) is 0. The van der Waals surface area contributed by atoms with Crippen LogP contribution >= 0.6 is 11.3 Å². The van der Waals surface area contributed by atoms with Gasteiger partial charge in [-0.05, 0) is 31.0 Å². The van der Waals surface area contributed by atoms with Crippen molar-refractivity contribution in [1.82, 2.24) is 4.98 Å². The number of hydrogen-bond acceptors (Lipinski definition) is 7. The molecule has 1 aliphatic carbocycles. The number of rotatable bonds is 5. The van der Waals surface area contributed by atoms with E-state index >= 15 is 0 Å². The Kier molecular flexibility index (Phi) is 5.16. The topological polar surface area (TPSA) is 102 Å². The van der Waals surface area contributed by atoms with Crippen LogP contribution in [-0.4, -0.2) is 22.0 Å². The van der Waals surface area contributed by atoms with Gasteiger partial charge in [0.15, 0.2) is 5.76 Å². The van der Waals surface area contributed by atoms with Crippen LogP contribution in [0.15, 0.2) is 45.9 Å². The van der Waals surface area contributed by atoms with Crippen molar-refractivity contribution < 1.29 is 14.1 Å². The number of nitrogens with zero attached hydrogens (tertiary/aromatic N) is 4. The van der Waals surface area contributed by atoms with Gasteiger partial charge in [0.1, 0.15) is 4.92 Å². The van der Waals surface area contributed by atoms with E-state index in [-0.39, 0.29) is 23.5 Å². The molecular weight excluding hydrogens is 380 g/mol. The van der Waals surface area contributed by atoms with Gasteiger partial charge in [0, 0.05) is 5.92 Å². The Bertz CT molecular complexity index is 1000. The van der Waals surface area contributed by atoms with E-state index in [9.17, 15) is 14.9 Å². The van der Waals surface area contributed by atoms with Gasteiger partial charge < -0.3 is 4.42 Å². The second kappa shape index (κ2) is 7.89. The number of nitro groups is 1. The van der Waals surface area contributed by atoms with E-state index in [4.69, 9.17) is 4.42 Å². The number of carbonyl (C=O) groups excluding carboxylic acids is 1. The molecular formula is C19H18N4O4S. The summed E-state index contributed by atoms with van der Waals surface area (Å²) in [4.78, 5) is 27.9. The van der Waals surface area contributed by atoms with Crippen LogP contribution in [0.2, 0.25) is 0 Å². The first-order valence-electron chi connectivity index (χ1n) is 9.09. The molecule has 0 unspecified atom stereocenters. The number of benzene rings is 1. The molecule has 3 aromatic rings. The van der Waals surface area contributed by atoms with Crippen LogP contribution in [-0.2, 0) is 4.79 Å². The van der Waals surface area contributed by atoms with E-state index in [1.54, 1.807) is 0 Å². The summed E-state index contributed by atoms with van der Waals surface area (Å²) >= 11 is 1.38. The number of amides is 1. The largest absolute Gasteiger partial charge is 0.433 e. The number of carbonyl (C=O) groups is 1. The first-order chi connectivity index (χ1) is 13.6. The monoisotopic (exact) mass is 398 g/mol. The molecule has 0 bridgehead atoms. The summed E-state index contributed by atoms with van der Waals surface area (Å²) < 4.78 is 6.07. The smallest absolute Gasteiger partial charge is 0.400 e. The van der Waals surface area contributed by atoms with E-state index in [0.717, 1.165) is 42.3 Å². The summed E-state index contributed by atoms with van der Waals surface area (Å²) in [6.07, 6.45) is 6.18. The minimum absolute atomic E-state index is 0.0937. The molecule has 0 aliphatic heterocycles. The molecule has 2 heterocycles. The normalized spacial score (nSPS) is 15.3. The van der Waals surface area contributed by atoms with Crippen LogP contribution in [0.5, 0.6) is 0 Å². The first kappa shape index (κ1) is 18.3. The van der Waals surface area contributed by atoms with Crippen molar-refractivity contribution in [2.75, 3.05) is 5.01 Å². The Balaban J connectivity index is 1.66. The highest BCUT2D eigenvalue weighted by atomic mass is 32.1. The quantitative estimate of drug-likeness (QED) is 0.351. The van der Waals surface area contributed by atoms with Gasteiger partial charge in [-0.1, -0.05) is 42.7 Å². The van der Waals surface area contributed by atoms with Crippen molar-refractivity contribution >= 4 is 44.7 Å². The lowest BCUT2D eigenvalue weighted by Gasteiger charge is -2.24. The second-order valence-electron chi connectivity index (χ2n) is 6.63. The molecule has 1 aromatic carbocycles. The Morgan fingerprint density at radius 1 is 1.25 bits per heavy atom. The van der Waals surface area contributed by atoms with Crippen molar-refractivity contribution in [2.24, 2.45) is 11.0 Å². The molecule has 0 N–H and O–H groups in total. The molecule has 28 heavy (non-hydrogen) atoms. The maximum absolute atomic E-state index is 13.2. The fraction of sp³-hybridized carbons (Fsp3) is 0.316. The number of para-hydroxylation sites is 1. The van der Waals surface area contributed by atoms with E-state index < -0.39 is 4.92 Å².